The van der Waals surface area contributed by atoms with Crippen LogP contribution in [0.1, 0.15) is 32.1 Å². The van der Waals surface area contributed by atoms with E-state index in [1.807, 2.05) is 10.6 Å². The molecule has 6 heteroatoms. The van der Waals surface area contributed by atoms with E-state index in [9.17, 15) is 0 Å². The number of hydrogen-bond donors (Lipinski definition) is 2. The number of rotatable bonds is 3. The number of nitrogens with one attached hydrogen (secondary N) is 1. The predicted octanol–water partition coefficient (Wildman–Crippen LogP) is 1.73. The number of aromatic nitrogens is 3. The second-order valence-corrected chi connectivity index (χ2v) is 4.61. The Kier molecular flexibility index (Phi) is 3.02. The highest BCUT2D eigenvalue weighted by Gasteiger charge is 2.18. The minimum absolute atomic E-state index is 0.250. The summed E-state index contributed by atoms with van der Waals surface area (Å²) in [6.45, 7) is 0. The number of nitrogens with two attached hydrogens (primary N) is 1. The molecular weight excluding hydrogens is 230 g/mol. The second-order valence-electron chi connectivity index (χ2n) is 4.61. The molecule has 96 valence electrons. The van der Waals surface area contributed by atoms with Crippen LogP contribution in [0.4, 0.5) is 5.82 Å². The predicted molar refractivity (Wildman–Crippen MR) is 68.3 cm³/mol. The van der Waals surface area contributed by atoms with Crippen molar-refractivity contribution in [1.82, 2.24) is 14.4 Å². The quantitative estimate of drug-likeness (QED) is 0.638. The standard InChI is InChI=1S/C12H17N5O/c13-16-10-8-17-7-6-14-11(17)12(15-10)18-9-4-2-1-3-5-9/h6-9,16H,1-5,13H2. The van der Waals surface area contributed by atoms with Crippen LogP contribution in [0.25, 0.3) is 5.65 Å². The Labute approximate surface area is 105 Å². The topological polar surface area (TPSA) is 77.5 Å². The minimum Gasteiger partial charge on any atom is -0.472 e. The molecule has 1 fully saturated rings. The zero-order valence-corrected chi connectivity index (χ0v) is 10.2. The van der Waals surface area contributed by atoms with E-state index in [0.29, 0.717) is 11.7 Å². The first-order valence-corrected chi connectivity index (χ1v) is 6.34. The third-order valence-electron chi connectivity index (χ3n) is 3.32. The maximum Gasteiger partial charge on any atom is 0.260 e. The van der Waals surface area contributed by atoms with Gasteiger partial charge in [-0.2, -0.15) is 4.98 Å². The Morgan fingerprint density at radius 1 is 1.33 bits per heavy atom. The highest BCUT2D eigenvalue weighted by Crippen LogP contribution is 2.25. The molecule has 2 heterocycles. The van der Waals surface area contributed by atoms with Crippen molar-refractivity contribution in [2.75, 3.05) is 5.43 Å². The summed E-state index contributed by atoms with van der Waals surface area (Å²) in [5, 5.41) is 0. The van der Waals surface area contributed by atoms with Gasteiger partial charge in [0.05, 0.1) is 6.20 Å². The van der Waals surface area contributed by atoms with Crippen LogP contribution >= 0.6 is 0 Å². The maximum atomic E-state index is 5.98. The molecule has 0 unspecified atom stereocenters. The lowest BCUT2D eigenvalue weighted by Crippen LogP contribution is -2.21. The fourth-order valence-corrected chi connectivity index (χ4v) is 2.39. The monoisotopic (exact) mass is 247 g/mol. The van der Waals surface area contributed by atoms with Crippen molar-refractivity contribution >= 4 is 11.5 Å². The van der Waals surface area contributed by atoms with Crippen molar-refractivity contribution in [3.63, 3.8) is 0 Å². The van der Waals surface area contributed by atoms with E-state index in [4.69, 9.17) is 10.6 Å². The molecule has 0 aromatic carbocycles. The molecule has 3 N–H and O–H groups in total. The highest BCUT2D eigenvalue weighted by molar-refractivity contribution is 5.53. The fraction of sp³-hybridized carbons (Fsp3) is 0.500. The molecule has 0 spiro atoms. The van der Waals surface area contributed by atoms with Gasteiger partial charge < -0.3 is 10.2 Å². The van der Waals surface area contributed by atoms with Crippen LogP contribution in [-0.4, -0.2) is 20.5 Å². The van der Waals surface area contributed by atoms with Gasteiger partial charge in [0.2, 0.25) is 5.65 Å². The first kappa shape index (κ1) is 11.3. The van der Waals surface area contributed by atoms with E-state index in [1.54, 1.807) is 12.4 Å². The van der Waals surface area contributed by atoms with Gasteiger partial charge in [-0.3, -0.25) is 4.40 Å². The molecule has 0 amide bonds. The van der Waals surface area contributed by atoms with Crippen LogP contribution in [-0.2, 0) is 0 Å². The Morgan fingerprint density at radius 3 is 2.94 bits per heavy atom. The van der Waals surface area contributed by atoms with E-state index in [2.05, 4.69) is 15.4 Å². The van der Waals surface area contributed by atoms with Crippen molar-refractivity contribution in [3.05, 3.63) is 18.6 Å². The number of hydrogen-bond acceptors (Lipinski definition) is 5. The molecule has 2 aromatic rings. The van der Waals surface area contributed by atoms with E-state index in [0.717, 1.165) is 18.5 Å². The van der Waals surface area contributed by atoms with Crippen LogP contribution < -0.4 is 16.0 Å². The molecular formula is C12H17N5O. The number of fused-ring (bicyclic) bond motifs is 1. The highest BCUT2D eigenvalue weighted by atomic mass is 16.5. The Bertz CT molecular complexity index is 532. The average Bonchev–Trinajstić information content (AvgIpc) is 2.88. The molecule has 2 aromatic heterocycles. The van der Waals surface area contributed by atoms with Crippen molar-refractivity contribution in [1.29, 1.82) is 0 Å². The van der Waals surface area contributed by atoms with Gasteiger partial charge in [0.15, 0.2) is 5.82 Å². The molecule has 0 aliphatic heterocycles. The SMILES string of the molecule is NNc1cn2ccnc2c(OC2CCCCC2)n1. The first-order chi connectivity index (χ1) is 8.86. The molecule has 3 rings (SSSR count). The smallest absolute Gasteiger partial charge is 0.260 e. The van der Waals surface area contributed by atoms with Gasteiger partial charge in [0.25, 0.3) is 5.88 Å². The van der Waals surface area contributed by atoms with E-state index < -0.39 is 0 Å². The van der Waals surface area contributed by atoms with Crippen LogP contribution in [0.15, 0.2) is 18.6 Å². The fourth-order valence-electron chi connectivity index (χ4n) is 2.39. The summed E-state index contributed by atoms with van der Waals surface area (Å²) < 4.78 is 7.84. The van der Waals surface area contributed by atoms with Gasteiger partial charge in [-0.1, -0.05) is 6.42 Å². The summed E-state index contributed by atoms with van der Waals surface area (Å²) in [6.07, 6.45) is 11.6. The van der Waals surface area contributed by atoms with Crippen LogP contribution in [0, 0.1) is 0 Å². The van der Waals surface area contributed by atoms with Gasteiger partial charge in [-0.15, -0.1) is 0 Å². The zero-order chi connectivity index (χ0) is 12.4. The average molecular weight is 247 g/mol. The lowest BCUT2D eigenvalue weighted by atomic mass is 9.98. The molecule has 0 saturated heterocycles. The number of hydrazine groups is 1. The van der Waals surface area contributed by atoms with Crippen LogP contribution in [0.3, 0.4) is 0 Å². The summed E-state index contributed by atoms with van der Waals surface area (Å²) in [5.74, 6) is 6.54. The van der Waals surface area contributed by atoms with Crippen molar-refractivity contribution in [2.45, 2.75) is 38.2 Å². The van der Waals surface area contributed by atoms with Crippen molar-refractivity contribution in [3.8, 4) is 5.88 Å². The number of imidazole rings is 1. The molecule has 0 atom stereocenters. The third kappa shape index (κ3) is 2.11. The van der Waals surface area contributed by atoms with Gasteiger partial charge in [0, 0.05) is 12.4 Å². The van der Waals surface area contributed by atoms with Crippen molar-refractivity contribution in [2.24, 2.45) is 5.84 Å². The molecule has 18 heavy (non-hydrogen) atoms. The number of ether oxygens (including phenoxy) is 1. The molecule has 6 nitrogen and oxygen atoms in total. The number of nitrogen functional groups attached to an aromatic ring is 1. The van der Waals surface area contributed by atoms with Crippen LogP contribution in [0.5, 0.6) is 5.88 Å². The first-order valence-electron chi connectivity index (χ1n) is 6.34. The zero-order valence-electron chi connectivity index (χ0n) is 10.2. The lowest BCUT2D eigenvalue weighted by molar-refractivity contribution is 0.150. The summed E-state index contributed by atoms with van der Waals surface area (Å²) in [7, 11) is 0. The van der Waals surface area contributed by atoms with E-state index >= 15 is 0 Å². The normalized spacial score (nSPS) is 16.9. The van der Waals surface area contributed by atoms with Crippen molar-refractivity contribution < 1.29 is 4.74 Å². The van der Waals surface area contributed by atoms with E-state index in [1.165, 1.54) is 19.3 Å². The van der Waals surface area contributed by atoms with Gasteiger partial charge in [-0.05, 0) is 25.7 Å². The number of anilines is 1. The molecule has 0 radical (unpaired) electrons. The molecule has 1 aliphatic carbocycles. The summed E-state index contributed by atoms with van der Waals surface area (Å²) in [4.78, 5) is 8.61. The Balaban J connectivity index is 1.91. The minimum atomic E-state index is 0.250. The summed E-state index contributed by atoms with van der Waals surface area (Å²) in [6, 6.07) is 0. The maximum absolute atomic E-state index is 5.98. The second kappa shape index (κ2) is 4.81. The summed E-state index contributed by atoms with van der Waals surface area (Å²) in [5.41, 5.74) is 3.28. The number of nitrogens with zero attached hydrogens (tertiary/aromatic N) is 3. The van der Waals surface area contributed by atoms with Gasteiger partial charge >= 0.3 is 0 Å². The molecule has 0 bridgehead atoms. The molecule has 1 saturated carbocycles. The third-order valence-corrected chi connectivity index (χ3v) is 3.32. The summed E-state index contributed by atoms with van der Waals surface area (Å²) >= 11 is 0. The lowest BCUT2D eigenvalue weighted by Gasteiger charge is -2.22. The van der Waals surface area contributed by atoms with E-state index in [-0.39, 0.29) is 6.10 Å². The van der Waals surface area contributed by atoms with Gasteiger partial charge in [0.1, 0.15) is 6.10 Å². The Morgan fingerprint density at radius 2 is 2.17 bits per heavy atom. The largest absolute Gasteiger partial charge is 0.472 e. The molecule has 1 aliphatic rings. The van der Waals surface area contributed by atoms with Crippen LogP contribution in [0.2, 0.25) is 0 Å². The van der Waals surface area contributed by atoms with Gasteiger partial charge in [-0.25, -0.2) is 10.8 Å². The Hall–Kier alpha value is -1.82.